The number of carbonyl (C=O) groups is 3. The first kappa shape index (κ1) is 22.3. The van der Waals surface area contributed by atoms with E-state index < -0.39 is 23.9 Å². The zero-order chi connectivity index (χ0) is 23.8. The molecule has 170 valence electrons. The van der Waals surface area contributed by atoms with Gasteiger partial charge in [-0.3, -0.25) is 19.0 Å². The van der Waals surface area contributed by atoms with E-state index in [0.29, 0.717) is 39.8 Å². The molecule has 0 spiro atoms. The number of hydrogen-bond donors (Lipinski definition) is 0. The fourth-order valence-corrected chi connectivity index (χ4v) is 5.48. The third kappa shape index (κ3) is 3.29. The maximum absolute atomic E-state index is 13.4. The quantitative estimate of drug-likeness (QED) is 0.242. The van der Waals surface area contributed by atoms with E-state index in [9.17, 15) is 14.4 Å². The third-order valence-electron chi connectivity index (χ3n) is 5.70. The Morgan fingerprint density at radius 3 is 2.30 bits per heavy atom. The lowest BCUT2D eigenvalue weighted by Gasteiger charge is -2.23. The Bertz CT molecular complexity index is 1400. The molecular weight excluding hydrogens is 514 g/mol. The van der Waals surface area contributed by atoms with Gasteiger partial charge in [0.05, 0.1) is 32.9 Å². The number of esters is 2. The molecule has 3 aromatic rings. The highest BCUT2D eigenvalue weighted by molar-refractivity contribution is 6.43. The average Bonchev–Trinajstić information content (AvgIpc) is 3.41. The molecule has 7 nitrogen and oxygen atoms in total. The molecule has 4 heterocycles. The Kier molecular flexibility index (Phi) is 5.29. The number of aromatic nitrogens is 2. The van der Waals surface area contributed by atoms with Gasteiger partial charge >= 0.3 is 11.9 Å². The number of nitrogens with zero attached hydrogens (tertiary/aromatic N) is 2. The van der Waals surface area contributed by atoms with Crippen LogP contribution in [-0.4, -0.2) is 27.0 Å². The molecule has 2 aliphatic heterocycles. The molecule has 2 aliphatic rings. The van der Waals surface area contributed by atoms with Crippen molar-refractivity contribution in [2.24, 2.45) is 0 Å². The van der Waals surface area contributed by atoms with E-state index in [1.54, 1.807) is 16.7 Å². The number of fused-ring (bicyclic) bond motifs is 4. The average molecular weight is 528 g/mol. The summed E-state index contributed by atoms with van der Waals surface area (Å²) < 4.78 is 14.2. The van der Waals surface area contributed by atoms with Gasteiger partial charge in [0.2, 0.25) is 0 Å². The highest BCUT2D eigenvalue weighted by Gasteiger charge is 2.41. The van der Waals surface area contributed by atoms with Gasteiger partial charge in [0.15, 0.2) is 5.75 Å². The van der Waals surface area contributed by atoms with Gasteiger partial charge in [-0.25, -0.2) is 0 Å². The Morgan fingerprint density at radius 2 is 1.64 bits per heavy atom. The molecule has 2 aromatic heterocycles. The molecule has 33 heavy (non-hydrogen) atoms. The molecule has 1 unspecified atom stereocenters. The van der Waals surface area contributed by atoms with Gasteiger partial charge in [-0.05, 0) is 31.0 Å². The lowest BCUT2D eigenvalue weighted by Crippen LogP contribution is -2.17. The van der Waals surface area contributed by atoms with Crippen LogP contribution in [0.4, 0.5) is 0 Å². The summed E-state index contributed by atoms with van der Waals surface area (Å²) in [5, 5.41) is 0.881. The number of benzene rings is 1. The minimum Gasteiger partial charge on any atom is -0.426 e. The van der Waals surface area contributed by atoms with Gasteiger partial charge in [0, 0.05) is 25.1 Å². The van der Waals surface area contributed by atoms with Crippen molar-refractivity contribution in [2.75, 3.05) is 0 Å². The van der Waals surface area contributed by atoms with E-state index in [1.165, 1.54) is 24.5 Å². The van der Waals surface area contributed by atoms with Gasteiger partial charge in [-0.2, -0.15) is 0 Å². The summed E-state index contributed by atoms with van der Waals surface area (Å²) in [7, 11) is 0. The van der Waals surface area contributed by atoms with Crippen molar-refractivity contribution in [1.29, 1.82) is 0 Å². The maximum atomic E-state index is 13.4. The lowest BCUT2D eigenvalue weighted by molar-refractivity contribution is -0.132. The van der Waals surface area contributed by atoms with E-state index in [4.69, 9.17) is 55.9 Å². The predicted octanol–water partition coefficient (Wildman–Crippen LogP) is 5.96. The Balaban J connectivity index is 1.84. The van der Waals surface area contributed by atoms with E-state index in [-0.39, 0.29) is 27.2 Å². The fraction of sp³-hybridized carbons (Fsp3) is 0.227. The minimum atomic E-state index is -0.651. The minimum absolute atomic E-state index is 0.0177. The standard InChI is InChI=1S/C22H14Cl4N2O5/c1-8(29)32-16-6-11-15-7-13(24)21(26)28(15)22(31)17(11)19(33-9(2)30)18(16)14-4-3-10-5-12(23)20(25)27(10)14/h5-7,14H,3-4H2,1-2H3. The lowest BCUT2D eigenvalue weighted by atomic mass is 9.94. The molecule has 0 fully saturated rings. The van der Waals surface area contributed by atoms with Crippen LogP contribution in [0.1, 0.15) is 47.9 Å². The van der Waals surface area contributed by atoms with Crippen LogP contribution in [0.25, 0.3) is 11.3 Å². The van der Waals surface area contributed by atoms with E-state index in [1.807, 2.05) is 0 Å². The molecule has 11 heteroatoms. The predicted molar refractivity (Wildman–Crippen MR) is 123 cm³/mol. The number of rotatable bonds is 3. The van der Waals surface area contributed by atoms with Crippen LogP contribution < -0.4 is 9.47 Å². The molecule has 0 aliphatic carbocycles. The Labute approximate surface area is 207 Å². The zero-order valence-electron chi connectivity index (χ0n) is 17.2. The van der Waals surface area contributed by atoms with Gasteiger partial charge in [0.25, 0.3) is 5.91 Å². The molecule has 0 saturated carbocycles. The topological polar surface area (TPSA) is 79.5 Å². The van der Waals surface area contributed by atoms with Crippen molar-refractivity contribution in [2.45, 2.75) is 32.7 Å². The maximum Gasteiger partial charge on any atom is 0.308 e. The number of carbonyl (C=O) groups excluding carboxylic acids is 3. The summed E-state index contributed by atoms with van der Waals surface area (Å²) in [6.45, 7) is 2.47. The normalized spacial score (nSPS) is 15.9. The van der Waals surface area contributed by atoms with Gasteiger partial charge in [0.1, 0.15) is 16.1 Å². The Hall–Kier alpha value is -2.45. The van der Waals surface area contributed by atoms with Crippen LogP contribution in [0.15, 0.2) is 18.2 Å². The summed E-state index contributed by atoms with van der Waals surface area (Å²) in [6, 6.07) is 4.34. The first-order valence-corrected chi connectivity index (χ1v) is 11.4. The summed E-state index contributed by atoms with van der Waals surface area (Å²) in [5.41, 5.74) is 2.10. The second-order valence-corrected chi connectivity index (χ2v) is 9.27. The van der Waals surface area contributed by atoms with E-state index >= 15 is 0 Å². The highest BCUT2D eigenvalue weighted by Crippen LogP contribution is 2.52. The van der Waals surface area contributed by atoms with Gasteiger partial charge < -0.3 is 14.0 Å². The smallest absolute Gasteiger partial charge is 0.308 e. The van der Waals surface area contributed by atoms with Crippen molar-refractivity contribution in [1.82, 2.24) is 9.13 Å². The van der Waals surface area contributed by atoms with Gasteiger partial charge in [-0.15, -0.1) is 0 Å². The molecule has 1 aromatic carbocycles. The van der Waals surface area contributed by atoms with Crippen molar-refractivity contribution >= 4 is 64.2 Å². The molecule has 5 rings (SSSR count). The zero-order valence-corrected chi connectivity index (χ0v) is 20.2. The molecule has 0 saturated heterocycles. The van der Waals surface area contributed by atoms with Crippen molar-refractivity contribution in [3.8, 4) is 22.8 Å². The summed E-state index contributed by atoms with van der Waals surface area (Å²) in [5.74, 6) is -1.64. The second kappa shape index (κ2) is 7.81. The first-order valence-electron chi connectivity index (χ1n) is 9.84. The number of ether oxygens (including phenoxy) is 2. The van der Waals surface area contributed by atoms with Crippen LogP contribution in [0.2, 0.25) is 20.4 Å². The van der Waals surface area contributed by atoms with Crippen LogP contribution in [0.3, 0.4) is 0 Å². The molecule has 0 N–H and O–H groups in total. The summed E-state index contributed by atoms with van der Waals surface area (Å²) >= 11 is 25.1. The number of halogens is 4. The van der Waals surface area contributed by atoms with Crippen molar-refractivity contribution < 1.29 is 23.9 Å². The number of hydrogen-bond acceptors (Lipinski definition) is 5. The summed E-state index contributed by atoms with van der Waals surface area (Å²) in [6.07, 6.45) is 1.18. The van der Waals surface area contributed by atoms with Crippen LogP contribution >= 0.6 is 46.4 Å². The molecule has 0 amide bonds. The van der Waals surface area contributed by atoms with Crippen LogP contribution in [-0.2, 0) is 16.0 Å². The monoisotopic (exact) mass is 526 g/mol. The fourth-order valence-electron chi connectivity index (χ4n) is 4.57. The second-order valence-electron chi connectivity index (χ2n) is 7.74. The van der Waals surface area contributed by atoms with Crippen LogP contribution in [0.5, 0.6) is 11.5 Å². The first-order chi connectivity index (χ1) is 15.6. The van der Waals surface area contributed by atoms with Crippen LogP contribution in [0, 0.1) is 0 Å². The molecular formula is C22H14Cl4N2O5. The molecule has 0 bridgehead atoms. The highest BCUT2D eigenvalue weighted by atomic mass is 35.5. The van der Waals surface area contributed by atoms with Crippen molar-refractivity contribution in [3.63, 3.8) is 0 Å². The molecule has 1 atom stereocenters. The number of aryl methyl sites for hydroxylation is 1. The Morgan fingerprint density at radius 1 is 0.970 bits per heavy atom. The van der Waals surface area contributed by atoms with E-state index in [0.717, 1.165) is 5.69 Å². The SMILES string of the molecule is CC(=O)Oc1cc2c(c(OC(C)=O)c1C1CCc3cc(Cl)c(Cl)n31)C(=O)n1c-2cc(Cl)c1Cl. The largest absolute Gasteiger partial charge is 0.426 e. The summed E-state index contributed by atoms with van der Waals surface area (Å²) in [4.78, 5) is 37.5. The third-order valence-corrected chi connectivity index (χ3v) is 7.23. The van der Waals surface area contributed by atoms with Crippen molar-refractivity contribution in [3.05, 3.63) is 55.4 Å². The van der Waals surface area contributed by atoms with E-state index in [2.05, 4.69) is 0 Å². The van der Waals surface area contributed by atoms with Gasteiger partial charge in [-0.1, -0.05) is 46.4 Å². The molecule has 0 radical (unpaired) electrons.